The average molecular weight is 216 g/mol. The molecule has 2 heterocycles. The monoisotopic (exact) mass is 216 g/mol. The van der Waals surface area contributed by atoms with Crippen LogP contribution in [0.5, 0.6) is 0 Å². The largest absolute Gasteiger partial charge is 0.383 e. The molecule has 0 aliphatic carbocycles. The van der Waals surface area contributed by atoms with Crippen LogP contribution in [0, 0.1) is 6.92 Å². The van der Waals surface area contributed by atoms with Crippen LogP contribution in [0.15, 0.2) is 24.7 Å². The number of pyridine rings is 1. The van der Waals surface area contributed by atoms with Gasteiger partial charge < -0.3 is 10.3 Å². The second kappa shape index (κ2) is 4.35. The molecule has 84 valence electrons. The van der Waals surface area contributed by atoms with Crippen molar-refractivity contribution in [2.24, 2.45) is 0 Å². The molecule has 0 spiro atoms. The number of nitrogen functional groups attached to an aromatic ring is 1. The quantitative estimate of drug-likeness (QED) is 0.850. The fourth-order valence-electron chi connectivity index (χ4n) is 1.79. The molecule has 2 N–H and O–H groups in total. The van der Waals surface area contributed by atoms with E-state index in [4.69, 9.17) is 5.73 Å². The van der Waals surface area contributed by atoms with Crippen molar-refractivity contribution in [1.29, 1.82) is 0 Å². The number of imidazole rings is 1. The lowest BCUT2D eigenvalue weighted by Crippen LogP contribution is -2.06. The third-order valence-corrected chi connectivity index (χ3v) is 2.80. The zero-order valence-electron chi connectivity index (χ0n) is 9.64. The molecule has 2 aromatic heterocycles. The van der Waals surface area contributed by atoms with Crippen LogP contribution in [0.25, 0.3) is 0 Å². The Hall–Kier alpha value is -1.84. The summed E-state index contributed by atoms with van der Waals surface area (Å²) in [6, 6.07) is 1.98. The number of aryl methyl sites for hydroxylation is 2. The molecule has 0 atom stereocenters. The van der Waals surface area contributed by atoms with Crippen molar-refractivity contribution in [1.82, 2.24) is 14.5 Å². The number of nitrogens with two attached hydrogens (primary N) is 1. The van der Waals surface area contributed by atoms with Gasteiger partial charge in [-0.2, -0.15) is 0 Å². The maximum absolute atomic E-state index is 5.88. The molecule has 0 aromatic carbocycles. The van der Waals surface area contributed by atoms with Gasteiger partial charge in [0.1, 0.15) is 11.6 Å². The lowest BCUT2D eigenvalue weighted by Gasteiger charge is -2.09. The normalized spacial score (nSPS) is 10.6. The first-order chi connectivity index (χ1) is 7.72. The Morgan fingerprint density at radius 1 is 1.31 bits per heavy atom. The highest BCUT2D eigenvalue weighted by atomic mass is 15.1. The van der Waals surface area contributed by atoms with Crippen molar-refractivity contribution in [2.75, 3.05) is 5.73 Å². The van der Waals surface area contributed by atoms with Crippen LogP contribution in [0.3, 0.4) is 0 Å². The Kier molecular flexibility index (Phi) is 2.90. The van der Waals surface area contributed by atoms with Gasteiger partial charge in [-0.1, -0.05) is 0 Å². The Labute approximate surface area is 95.1 Å². The molecule has 2 aromatic rings. The Bertz CT molecular complexity index is 467. The topological polar surface area (TPSA) is 56.7 Å². The van der Waals surface area contributed by atoms with Crippen LogP contribution in [-0.2, 0) is 13.0 Å². The predicted octanol–water partition coefficient (Wildman–Crippen LogP) is 1.78. The lowest BCUT2D eigenvalue weighted by atomic mass is 10.1. The molecule has 0 amide bonds. The minimum Gasteiger partial charge on any atom is -0.383 e. The number of rotatable bonds is 3. The van der Waals surface area contributed by atoms with E-state index in [2.05, 4.69) is 21.5 Å². The van der Waals surface area contributed by atoms with Crippen molar-refractivity contribution in [3.05, 3.63) is 41.6 Å². The van der Waals surface area contributed by atoms with E-state index in [1.165, 1.54) is 0 Å². The van der Waals surface area contributed by atoms with Gasteiger partial charge in [-0.25, -0.2) is 9.97 Å². The molecule has 0 bridgehead atoms. The Morgan fingerprint density at radius 2 is 2.12 bits per heavy atom. The summed E-state index contributed by atoms with van der Waals surface area (Å²) < 4.78 is 2.12. The maximum atomic E-state index is 5.88. The number of anilines is 1. The summed E-state index contributed by atoms with van der Waals surface area (Å²) >= 11 is 0. The van der Waals surface area contributed by atoms with Gasteiger partial charge in [0.05, 0.1) is 0 Å². The Morgan fingerprint density at radius 3 is 2.81 bits per heavy atom. The van der Waals surface area contributed by atoms with E-state index in [1.807, 2.05) is 25.4 Å². The fourth-order valence-corrected chi connectivity index (χ4v) is 1.79. The van der Waals surface area contributed by atoms with Crippen LogP contribution < -0.4 is 5.73 Å². The summed E-state index contributed by atoms with van der Waals surface area (Å²) in [7, 11) is 0. The highest BCUT2D eigenvalue weighted by Crippen LogP contribution is 2.17. The van der Waals surface area contributed by atoms with Crippen molar-refractivity contribution in [3.8, 4) is 0 Å². The molecule has 16 heavy (non-hydrogen) atoms. The van der Waals surface area contributed by atoms with Gasteiger partial charge in [-0.3, -0.25) is 0 Å². The number of nitrogens with zero attached hydrogens (tertiary/aromatic N) is 3. The van der Waals surface area contributed by atoms with Crippen molar-refractivity contribution < 1.29 is 0 Å². The van der Waals surface area contributed by atoms with E-state index in [9.17, 15) is 0 Å². The van der Waals surface area contributed by atoms with E-state index in [-0.39, 0.29) is 0 Å². The molecule has 0 fully saturated rings. The average Bonchev–Trinajstić information content (AvgIpc) is 2.71. The molecule has 2 rings (SSSR count). The second-order valence-corrected chi connectivity index (χ2v) is 3.80. The molecule has 0 unspecified atom stereocenters. The number of aromatic nitrogens is 3. The first-order valence-electron chi connectivity index (χ1n) is 5.42. The zero-order valence-corrected chi connectivity index (χ0v) is 9.64. The molecule has 4 heteroatoms. The molecule has 0 aliphatic rings. The van der Waals surface area contributed by atoms with E-state index in [0.717, 1.165) is 29.9 Å². The maximum Gasteiger partial charge on any atom is 0.127 e. The van der Waals surface area contributed by atoms with Crippen molar-refractivity contribution in [2.45, 2.75) is 26.8 Å². The fraction of sp³-hybridized carbons (Fsp3) is 0.333. The highest BCUT2D eigenvalue weighted by molar-refractivity contribution is 5.45. The summed E-state index contributed by atoms with van der Waals surface area (Å²) in [5.41, 5.74) is 8.12. The minimum absolute atomic E-state index is 0.602. The van der Waals surface area contributed by atoms with Gasteiger partial charge in [-0.15, -0.1) is 0 Å². The van der Waals surface area contributed by atoms with Gasteiger partial charge in [0.25, 0.3) is 0 Å². The zero-order chi connectivity index (χ0) is 11.5. The van der Waals surface area contributed by atoms with Crippen LogP contribution in [-0.4, -0.2) is 14.5 Å². The second-order valence-electron chi connectivity index (χ2n) is 3.80. The van der Waals surface area contributed by atoms with Crippen LogP contribution in [0.4, 0.5) is 5.82 Å². The summed E-state index contributed by atoms with van der Waals surface area (Å²) in [6.45, 7) is 5.08. The Balaban J connectivity index is 2.34. The van der Waals surface area contributed by atoms with Crippen LogP contribution >= 0.6 is 0 Å². The summed E-state index contributed by atoms with van der Waals surface area (Å²) in [4.78, 5) is 8.46. The number of hydrogen-bond acceptors (Lipinski definition) is 3. The number of hydrogen-bond donors (Lipinski definition) is 1. The van der Waals surface area contributed by atoms with Gasteiger partial charge >= 0.3 is 0 Å². The van der Waals surface area contributed by atoms with Crippen molar-refractivity contribution in [3.63, 3.8) is 0 Å². The minimum atomic E-state index is 0.602. The van der Waals surface area contributed by atoms with E-state index < -0.39 is 0 Å². The van der Waals surface area contributed by atoms with Crippen LogP contribution in [0.1, 0.15) is 23.9 Å². The molecule has 4 nitrogen and oxygen atoms in total. The van der Waals surface area contributed by atoms with Gasteiger partial charge in [-0.05, 0) is 25.5 Å². The SMILES string of the molecule is CCn1ccnc1Cc1c(C)ccnc1N. The third kappa shape index (κ3) is 1.91. The first-order valence-corrected chi connectivity index (χ1v) is 5.42. The molecular weight excluding hydrogens is 200 g/mol. The molecule has 0 aliphatic heterocycles. The smallest absolute Gasteiger partial charge is 0.127 e. The molecule has 0 saturated heterocycles. The predicted molar refractivity (Wildman–Crippen MR) is 64.1 cm³/mol. The summed E-state index contributed by atoms with van der Waals surface area (Å²) in [5, 5.41) is 0. The third-order valence-electron chi connectivity index (χ3n) is 2.80. The lowest BCUT2D eigenvalue weighted by molar-refractivity contribution is 0.711. The molecule has 0 saturated carbocycles. The van der Waals surface area contributed by atoms with E-state index in [1.54, 1.807) is 6.20 Å². The highest BCUT2D eigenvalue weighted by Gasteiger charge is 2.08. The summed E-state index contributed by atoms with van der Waals surface area (Å²) in [6.07, 6.45) is 6.28. The van der Waals surface area contributed by atoms with Gasteiger partial charge in [0.15, 0.2) is 0 Å². The van der Waals surface area contributed by atoms with Gasteiger partial charge in [0.2, 0.25) is 0 Å². The van der Waals surface area contributed by atoms with E-state index in [0.29, 0.717) is 5.82 Å². The first kappa shape index (κ1) is 10.7. The van der Waals surface area contributed by atoms with E-state index >= 15 is 0 Å². The molecular formula is C12H16N4. The standard InChI is InChI=1S/C12H16N4/c1-3-16-7-6-14-11(16)8-10-9(2)4-5-15-12(10)13/h4-7H,3,8H2,1-2H3,(H2,13,15). The van der Waals surface area contributed by atoms with Crippen molar-refractivity contribution >= 4 is 5.82 Å². The summed E-state index contributed by atoms with van der Waals surface area (Å²) in [5.74, 6) is 1.64. The molecule has 0 radical (unpaired) electrons. The van der Waals surface area contributed by atoms with Crippen LogP contribution in [0.2, 0.25) is 0 Å². The van der Waals surface area contributed by atoms with Gasteiger partial charge in [0, 0.05) is 37.1 Å².